The topological polar surface area (TPSA) is 18.5 Å². The summed E-state index contributed by atoms with van der Waals surface area (Å²) in [5.74, 6) is 1.29. The summed E-state index contributed by atoms with van der Waals surface area (Å²) in [7, 11) is -5.40. The highest BCUT2D eigenvalue weighted by Gasteiger charge is 2.63. The third kappa shape index (κ3) is 4.41. The zero-order valence-electron chi connectivity index (χ0n) is 15.4. The molecular weight excluding hydrogens is 320 g/mol. The molecule has 0 heterocycles. The summed E-state index contributed by atoms with van der Waals surface area (Å²) in [4.78, 5) is 0. The van der Waals surface area contributed by atoms with Crippen molar-refractivity contribution in [2.75, 3.05) is 0 Å². The number of benzene rings is 1. The van der Waals surface area contributed by atoms with E-state index in [4.69, 9.17) is 8.23 Å². The number of hydrogen-bond donors (Lipinski definition) is 0. The maximum Gasteiger partial charge on any atom is 0.318 e. The SMILES string of the molecule is C[C@@H]1[C@H](c2ccccc2)[C@H]1[Si](C)(O[Si](C)(C)C)O[Si](C)(C)C. The average Bonchev–Trinajstić information content (AvgIpc) is 2.98. The molecule has 3 atom stereocenters. The first kappa shape index (κ1) is 18.1. The summed E-state index contributed by atoms with van der Waals surface area (Å²) in [5, 5.41) is 0. The highest BCUT2D eigenvalue weighted by molar-refractivity contribution is 6.88. The quantitative estimate of drug-likeness (QED) is 0.623. The van der Waals surface area contributed by atoms with E-state index in [0.29, 0.717) is 17.4 Å². The third-order valence-electron chi connectivity index (χ3n) is 4.19. The standard InChI is InChI=1S/C17H32O2Si3/c1-14-16(15-12-10-9-11-13-15)17(14)22(8,18-20(2,3)4)19-21(5,6)7/h9-14,16-17H,1-8H3/t14-,16-,17+/m1/s1. The van der Waals surface area contributed by atoms with Crippen LogP contribution in [-0.2, 0) is 8.23 Å². The van der Waals surface area contributed by atoms with E-state index < -0.39 is 25.2 Å². The molecule has 0 spiro atoms. The second-order valence-electron chi connectivity index (χ2n) is 8.77. The van der Waals surface area contributed by atoms with E-state index in [2.05, 4.69) is 83.1 Å². The first-order valence-electron chi connectivity index (χ1n) is 8.38. The first-order chi connectivity index (χ1) is 9.93. The van der Waals surface area contributed by atoms with Gasteiger partial charge in [0.05, 0.1) is 0 Å². The lowest BCUT2D eigenvalue weighted by molar-refractivity contribution is 0.378. The van der Waals surface area contributed by atoms with Crippen molar-refractivity contribution in [2.45, 2.75) is 64.2 Å². The lowest BCUT2D eigenvalue weighted by Gasteiger charge is -2.39. The van der Waals surface area contributed by atoms with Gasteiger partial charge in [-0.1, -0.05) is 37.3 Å². The summed E-state index contributed by atoms with van der Waals surface area (Å²) in [6, 6.07) is 10.9. The molecule has 0 radical (unpaired) electrons. The van der Waals surface area contributed by atoms with Crippen LogP contribution in [0.5, 0.6) is 0 Å². The molecule has 1 aromatic carbocycles. The molecule has 124 valence electrons. The molecule has 22 heavy (non-hydrogen) atoms. The van der Waals surface area contributed by atoms with Crippen LogP contribution in [0.1, 0.15) is 18.4 Å². The fourth-order valence-electron chi connectivity index (χ4n) is 3.83. The molecule has 1 aliphatic rings. The van der Waals surface area contributed by atoms with Gasteiger partial charge in [0, 0.05) is 5.54 Å². The van der Waals surface area contributed by atoms with Gasteiger partial charge in [-0.3, -0.25) is 0 Å². The Morgan fingerprint density at radius 2 is 1.23 bits per heavy atom. The van der Waals surface area contributed by atoms with Crippen LogP contribution in [0, 0.1) is 5.92 Å². The summed E-state index contributed by atoms with van der Waals surface area (Å²) >= 11 is 0. The van der Waals surface area contributed by atoms with Crippen molar-refractivity contribution in [2.24, 2.45) is 5.92 Å². The molecule has 0 unspecified atom stereocenters. The molecular formula is C17H32O2Si3. The smallest absolute Gasteiger partial charge is 0.318 e. The van der Waals surface area contributed by atoms with Crippen LogP contribution in [0.2, 0.25) is 51.4 Å². The predicted octanol–water partition coefficient (Wildman–Crippen LogP) is 5.57. The molecule has 1 saturated carbocycles. The Morgan fingerprint density at radius 1 is 0.773 bits per heavy atom. The lowest BCUT2D eigenvalue weighted by atomic mass is 10.1. The Hall–Kier alpha value is -0.209. The van der Waals surface area contributed by atoms with Crippen molar-refractivity contribution >= 4 is 25.2 Å². The van der Waals surface area contributed by atoms with Crippen molar-refractivity contribution in [1.29, 1.82) is 0 Å². The molecule has 0 amide bonds. The van der Waals surface area contributed by atoms with Gasteiger partial charge in [-0.25, -0.2) is 0 Å². The summed E-state index contributed by atoms with van der Waals surface area (Å²) in [5.41, 5.74) is 2.05. The van der Waals surface area contributed by atoms with Gasteiger partial charge in [-0.15, -0.1) is 0 Å². The van der Waals surface area contributed by atoms with Gasteiger partial charge < -0.3 is 8.23 Å². The zero-order valence-corrected chi connectivity index (χ0v) is 18.4. The van der Waals surface area contributed by atoms with Crippen LogP contribution in [-0.4, -0.2) is 25.2 Å². The Bertz CT molecular complexity index is 489. The highest BCUT2D eigenvalue weighted by Crippen LogP contribution is 2.64. The third-order valence-corrected chi connectivity index (χ3v) is 14.4. The van der Waals surface area contributed by atoms with Gasteiger partial charge in [0.2, 0.25) is 0 Å². The molecule has 1 fully saturated rings. The monoisotopic (exact) mass is 352 g/mol. The van der Waals surface area contributed by atoms with Gasteiger partial charge in [0.15, 0.2) is 16.6 Å². The molecule has 2 nitrogen and oxygen atoms in total. The molecule has 1 aliphatic carbocycles. The van der Waals surface area contributed by atoms with Gasteiger partial charge in [-0.05, 0) is 63.2 Å². The Labute approximate surface area is 139 Å². The minimum Gasteiger partial charge on any atom is -0.436 e. The largest absolute Gasteiger partial charge is 0.436 e. The van der Waals surface area contributed by atoms with Crippen molar-refractivity contribution in [3.8, 4) is 0 Å². The number of hydrogen-bond acceptors (Lipinski definition) is 2. The summed E-state index contributed by atoms with van der Waals surface area (Å²) in [6.07, 6.45) is 0. The minimum absolute atomic E-state index is 0.591. The van der Waals surface area contributed by atoms with E-state index in [-0.39, 0.29) is 0 Å². The summed E-state index contributed by atoms with van der Waals surface area (Å²) in [6.45, 7) is 18.4. The van der Waals surface area contributed by atoms with Crippen molar-refractivity contribution in [3.63, 3.8) is 0 Å². The second kappa shape index (κ2) is 6.02. The first-order valence-corrected chi connectivity index (χ1v) is 17.6. The van der Waals surface area contributed by atoms with Crippen LogP contribution in [0.25, 0.3) is 0 Å². The van der Waals surface area contributed by atoms with E-state index in [1.54, 1.807) is 0 Å². The maximum absolute atomic E-state index is 6.74. The van der Waals surface area contributed by atoms with E-state index in [9.17, 15) is 0 Å². The molecule has 0 saturated heterocycles. The van der Waals surface area contributed by atoms with Gasteiger partial charge >= 0.3 is 8.56 Å². The van der Waals surface area contributed by atoms with Crippen molar-refractivity contribution < 1.29 is 8.23 Å². The van der Waals surface area contributed by atoms with Crippen LogP contribution in [0.4, 0.5) is 0 Å². The normalized spacial score (nSPS) is 26.1. The average molecular weight is 353 g/mol. The van der Waals surface area contributed by atoms with Gasteiger partial charge in [-0.2, -0.15) is 0 Å². The molecule has 2 rings (SSSR count). The molecule has 0 aliphatic heterocycles. The summed E-state index contributed by atoms with van der Waals surface area (Å²) < 4.78 is 13.5. The van der Waals surface area contributed by atoms with Gasteiger partial charge in [0.1, 0.15) is 0 Å². The van der Waals surface area contributed by atoms with Gasteiger partial charge in [0.25, 0.3) is 0 Å². The molecule has 5 heteroatoms. The Morgan fingerprint density at radius 3 is 1.64 bits per heavy atom. The molecule has 1 aromatic rings. The lowest BCUT2D eigenvalue weighted by Crippen LogP contribution is -2.53. The Kier molecular flexibility index (Phi) is 4.96. The molecule has 0 bridgehead atoms. The highest BCUT2D eigenvalue weighted by atomic mass is 28.5. The predicted molar refractivity (Wildman–Crippen MR) is 103 cm³/mol. The van der Waals surface area contributed by atoms with Crippen molar-refractivity contribution in [1.82, 2.24) is 0 Å². The molecule has 0 N–H and O–H groups in total. The fraction of sp³-hybridized carbons (Fsp3) is 0.647. The minimum atomic E-state index is -2.17. The second-order valence-corrected chi connectivity index (χ2v) is 21.5. The van der Waals surface area contributed by atoms with Crippen LogP contribution >= 0.6 is 0 Å². The van der Waals surface area contributed by atoms with Crippen LogP contribution in [0.3, 0.4) is 0 Å². The van der Waals surface area contributed by atoms with E-state index in [1.807, 2.05) is 0 Å². The number of rotatable bonds is 6. The van der Waals surface area contributed by atoms with Crippen LogP contribution in [0.15, 0.2) is 30.3 Å². The molecule has 0 aromatic heterocycles. The Balaban J connectivity index is 2.27. The van der Waals surface area contributed by atoms with Crippen LogP contribution < -0.4 is 0 Å². The van der Waals surface area contributed by atoms with E-state index in [1.165, 1.54) is 5.56 Å². The van der Waals surface area contributed by atoms with Crippen molar-refractivity contribution in [3.05, 3.63) is 35.9 Å². The maximum atomic E-state index is 6.74. The van der Waals surface area contributed by atoms with E-state index in [0.717, 1.165) is 0 Å². The fourth-order valence-corrected chi connectivity index (χ4v) is 17.4. The van der Waals surface area contributed by atoms with E-state index >= 15 is 0 Å². The zero-order chi connectivity index (χ0) is 16.8.